The van der Waals surface area contributed by atoms with Crippen molar-refractivity contribution < 1.29 is 13.9 Å². The highest BCUT2D eigenvalue weighted by atomic mass is 79.9. The van der Waals surface area contributed by atoms with Crippen molar-refractivity contribution in [1.29, 1.82) is 0 Å². The van der Waals surface area contributed by atoms with Crippen LogP contribution in [-0.2, 0) is 13.2 Å². The number of rotatable bonds is 8. The molecule has 0 unspecified atom stereocenters. The Balaban J connectivity index is 1.42. The van der Waals surface area contributed by atoms with Gasteiger partial charge in [-0.15, -0.1) is 0 Å². The Morgan fingerprint density at radius 2 is 2.22 bits per heavy atom. The predicted octanol–water partition coefficient (Wildman–Crippen LogP) is 4.60. The Hall–Kier alpha value is -2.25. The zero-order chi connectivity index (χ0) is 19.2. The molecule has 1 amide bonds. The summed E-state index contributed by atoms with van der Waals surface area (Å²) in [6, 6.07) is 10.5. The van der Waals surface area contributed by atoms with E-state index in [1.54, 1.807) is 24.3 Å². The lowest BCUT2D eigenvalue weighted by molar-refractivity contribution is 0.0921. The molecule has 2 aromatic heterocycles. The summed E-state index contributed by atoms with van der Waals surface area (Å²) in [5, 5.41) is 7.80. The molecule has 0 spiro atoms. The number of carbonyl (C=O) groups excluding carboxylic acids is 1. The summed E-state index contributed by atoms with van der Waals surface area (Å²) in [5.41, 5.74) is 0.946. The maximum absolute atomic E-state index is 12.2. The molecule has 27 heavy (non-hydrogen) atoms. The fraction of sp³-hybridized carbons (Fsp3) is 0.263. The lowest BCUT2D eigenvalue weighted by Crippen LogP contribution is -2.24. The molecule has 0 saturated carbocycles. The topological polar surface area (TPSA) is 69.3 Å². The van der Waals surface area contributed by atoms with E-state index < -0.39 is 0 Å². The van der Waals surface area contributed by atoms with Crippen LogP contribution < -0.4 is 10.1 Å². The van der Waals surface area contributed by atoms with Crippen molar-refractivity contribution in [2.24, 2.45) is 0 Å². The number of carbonyl (C=O) groups is 1. The summed E-state index contributed by atoms with van der Waals surface area (Å²) < 4.78 is 14.0. The Kier molecular flexibility index (Phi) is 6.58. The number of halogens is 2. The van der Waals surface area contributed by atoms with E-state index in [0.717, 1.165) is 23.1 Å². The van der Waals surface area contributed by atoms with Crippen molar-refractivity contribution >= 4 is 33.4 Å². The van der Waals surface area contributed by atoms with Crippen molar-refractivity contribution in [1.82, 2.24) is 15.1 Å². The Morgan fingerprint density at radius 1 is 1.37 bits per heavy atom. The number of nitrogens with zero attached hydrogens (tertiary/aromatic N) is 2. The second-order valence-electron chi connectivity index (χ2n) is 5.95. The molecule has 3 aromatic rings. The number of aryl methyl sites for hydroxylation is 2. The van der Waals surface area contributed by atoms with E-state index >= 15 is 0 Å². The smallest absolute Gasteiger partial charge is 0.286 e. The van der Waals surface area contributed by atoms with Crippen molar-refractivity contribution in [2.45, 2.75) is 26.5 Å². The van der Waals surface area contributed by atoms with Crippen molar-refractivity contribution in [3.8, 4) is 5.75 Å². The summed E-state index contributed by atoms with van der Waals surface area (Å²) in [5.74, 6) is 1.22. The van der Waals surface area contributed by atoms with Crippen LogP contribution in [0.15, 0.2) is 51.5 Å². The molecule has 0 radical (unpaired) electrons. The zero-order valence-corrected chi connectivity index (χ0v) is 17.1. The number of amides is 1. The minimum atomic E-state index is -0.248. The normalized spacial score (nSPS) is 10.8. The minimum Gasteiger partial charge on any atom is -0.486 e. The number of hydrogen-bond donors (Lipinski definition) is 1. The third kappa shape index (κ3) is 5.61. The van der Waals surface area contributed by atoms with Gasteiger partial charge in [0.25, 0.3) is 5.91 Å². The highest BCUT2D eigenvalue weighted by Gasteiger charge is 2.11. The summed E-state index contributed by atoms with van der Waals surface area (Å²) in [4.78, 5) is 12.2. The highest BCUT2D eigenvalue weighted by molar-refractivity contribution is 9.10. The van der Waals surface area contributed by atoms with Crippen molar-refractivity contribution in [2.75, 3.05) is 6.54 Å². The van der Waals surface area contributed by atoms with Gasteiger partial charge in [-0.25, -0.2) is 0 Å². The summed E-state index contributed by atoms with van der Waals surface area (Å²) >= 11 is 9.35. The molecule has 2 heterocycles. The minimum absolute atomic E-state index is 0.223. The molecule has 0 bridgehead atoms. The van der Waals surface area contributed by atoms with Gasteiger partial charge in [0.2, 0.25) is 0 Å². The average Bonchev–Trinajstić information content (AvgIpc) is 3.24. The van der Waals surface area contributed by atoms with E-state index in [1.165, 1.54) is 0 Å². The van der Waals surface area contributed by atoms with E-state index in [1.807, 2.05) is 29.9 Å². The maximum atomic E-state index is 12.2. The largest absolute Gasteiger partial charge is 0.486 e. The molecule has 0 aliphatic rings. The average molecular weight is 453 g/mol. The molecular formula is C19H19BrClN3O3. The number of hydrogen-bond acceptors (Lipinski definition) is 4. The SMILES string of the molecule is Cc1nn(CCCNC(=O)c2ccc(COc3cccc(Cl)c3)o2)cc1Br. The van der Waals surface area contributed by atoms with Gasteiger partial charge < -0.3 is 14.5 Å². The van der Waals surface area contributed by atoms with E-state index in [2.05, 4.69) is 26.3 Å². The van der Waals surface area contributed by atoms with Crippen molar-refractivity contribution in [3.05, 3.63) is 69.3 Å². The molecule has 0 aliphatic carbocycles. The summed E-state index contributed by atoms with van der Waals surface area (Å²) in [6.45, 7) is 3.42. The van der Waals surface area contributed by atoms with Gasteiger partial charge in [-0.1, -0.05) is 17.7 Å². The fourth-order valence-corrected chi connectivity index (χ4v) is 2.92. The number of aromatic nitrogens is 2. The highest BCUT2D eigenvalue weighted by Crippen LogP contribution is 2.19. The standard InChI is InChI=1S/C19H19BrClN3O3/c1-13-17(20)11-24(23-13)9-3-8-22-19(25)18-7-6-16(27-18)12-26-15-5-2-4-14(21)10-15/h2,4-7,10-11H,3,8-9,12H2,1H3,(H,22,25). The molecule has 3 rings (SSSR count). The van der Waals surface area contributed by atoms with Gasteiger partial charge in [-0.05, 0) is 59.6 Å². The molecular weight excluding hydrogens is 434 g/mol. The lowest BCUT2D eigenvalue weighted by Gasteiger charge is -2.05. The summed E-state index contributed by atoms with van der Waals surface area (Å²) in [6.07, 6.45) is 2.70. The molecule has 8 heteroatoms. The third-order valence-corrected chi connectivity index (χ3v) is 4.81. The van der Waals surface area contributed by atoms with Crippen LogP contribution in [0.3, 0.4) is 0 Å². The van der Waals surface area contributed by atoms with Crippen LogP contribution in [0.4, 0.5) is 0 Å². The van der Waals surface area contributed by atoms with Crippen LogP contribution in [0.25, 0.3) is 0 Å². The van der Waals surface area contributed by atoms with Gasteiger partial charge in [0, 0.05) is 24.3 Å². The van der Waals surface area contributed by atoms with Crippen molar-refractivity contribution in [3.63, 3.8) is 0 Å². The number of ether oxygens (including phenoxy) is 1. The molecule has 0 fully saturated rings. The number of furan rings is 1. The predicted molar refractivity (Wildman–Crippen MR) is 106 cm³/mol. The van der Waals surface area contributed by atoms with Gasteiger partial charge in [0.15, 0.2) is 5.76 Å². The van der Waals surface area contributed by atoms with Crippen LogP contribution in [0, 0.1) is 6.92 Å². The van der Waals surface area contributed by atoms with Gasteiger partial charge >= 0.3 is 0 Å². The van der Waals surface area contributed by atoms with Gasteiger partial charge in [-0.2, -0.15) is 5.10 Å². The maximum Gasteiger partial charge on any atom is 0.286 e. The van der Waals surface area contributed by atoms with Gasteiger partial charge in [0.05, 0.1) is 10.2 Å². The zero-order valence-electron chi connectivity index (χ0n) is 14.7. The molecule has 1 N–H and O–H groups in total. The number of benzene rings is 1. The first-order valence-electron chi connectivity index (χ1n) is 8.46. The molecule has 0 atom stereocenters. The van der Waals surface area contributed by atoms with E-state index in [4.69, 9.17) is 20.8 Å². The van der Waals surface area contributed by atoms with Crippen LogP contribution in [0.5, 0.6) is 5.75 Å². The fourth-order valence-electron chi connectivity index (χ4n) is 2.43. The van der Waals surface area contributed by atoms with Crippen LogP contribution >= 0.6 is 27.5 Å². The van der Waals surface area contributed by atoms with Crippen LogP contribution in [0.2, 0.25) is 5.02 Å². The second kappa shape index (κ2) is 9.10. The van der Waals surface area contributed by atoms with Gasteiger partial charge in [0.1, 0.15) is 18.1 Å². The van der Waals surface area contributed by atoms with Gasteiger partial charge in [-0.3, -0.25) is 9.48 Å². The van der Waals surface area contributed by atoms with E-state index in [0.29, 0.717) is 23.1 Å². The first kappa shape index (κ1) is 19.5. The molecule has 0 aliphatic heterocycles. The Labute approximate surface area is 170 Å². The van der Waals surface area contributed by atoms with E-state index in [-0.39, 0.29) is 18.3 Å². The second-order valence-corrected chi connectivity index (χ2v) is 7.24. The van der Waals surface area contributed by atoms with Crippen LogP contribution in [0.1, 0.15) is 28.4 Å². The van der Waals surface area contributed by atoms with Crippen LogP contribution in [-0.4, -0.2) is 22.2 Å². The molecule has 0 saturated heterocycles. The number of nitrogens with one attached hydrogen (secondary N) is 1. The van der Waals surface area contributed by atoms with E-state index in [9.17, 15) is 4.79 Å². The quantitative estimate of drug-likeness (QED) is 0.507. The summed E-state index contributed by atoms with van der Waals surface area (Å²) in [7, 11) is 0. The molecule has 142 valence electrons. The first-order valence-corrected chi connectivity index (χ1v) is 9.63. The Morgan fingerprint density at radius 3 is 2.96 bits per heavy atom. The third-order valence-electron chi connectivity index (χ3n) is 3.80. The lowest BCUT2D eigenvalue weighted by atomic mass is 10.3. The monoisotopic (exact) mass is 451 g/mol. The molecule has 6 nitrogen and oxygen atoms in total. The Bertz CT molecular complexity index is 903. The molecule has 1 aromatic carbocycles. The first-order chi connectivity index (χ1) is 13.0.